The first-order chi connectivity index (χ1) is 7.65. The van der Waals surface area contributed by atoms with Crippen LogP contribution in [-0.2, 0) is 13.6 Å². The molecule has 2 aromatic rings. The van der Waals surface area contributed by atoms with Gasteiger partial charge in [0, 0.05) is 31.0 Å². The molecule has 3 nitrogen and oxygen atoms in total. The molecular weight excluding hydrogens is 229 g/mol. The molecule has 1 heterocycles. The Morgan fingerprint density at radius 2 is 2.31 bits per heavy atom. The quantitative estimate of drug-likeness (QED) is 0.893. The Labute approximate surface area is 97.8 Å². The van der Waals surface area contributed by atoms with Crippen LogP contribution in [0.2, 0.25) is 5.02 Å². The first kappa shape index (κ1) is 11.0. The van der Waals surface area contributed by atoms with Crippen LogP contribution in [0.5, 0.6) is 0 Å². The lowest BCUT2D eigenvalue weighted by Gasteiger charge is -2.05. The number of nitrogens with zero attached hydrogens (tertiary/aromatic N) is 2. The molecular formula is C11H11ClFN3. The Morgan fingerprint density at radius 3 is 2.94 bits per heavy atom. The molecule has 84 valence electrons. The monoisotopic (exact) mass is 239 g/mol. The van der Waals surface area contributed by atoms with E-state index in [9.17, 15) is 4.39 Å². The topological polar surface area (TPSA) is 29.9 Å². The number of halogens is 2. The number of aromatic nitrogens is 2. The van der Waals surface area contributed by atoms with Crippen molar-refractivity contribution in [3.8, 4) is 0 Å². The molecule has 0 saturated heterocycles. The van der Waals surface area contributed by atoms with Gasteiger partial charge in [-0.1, -0.05) is 11.6 Å². The Balaban J connectivity index is 2.02. The summed E-state index contributed by atoms with van der Waals surface area (Å²) in [7, 11) is 1.86. The third kappa shape index (κ3) is 2.52. The van der Waals surface area contributed by atoms with Gasteiger partial charge in [0.1, 0.15) is 5.82 Å². The second kappa shape index (κ2) is 4.53. The SMILES string of the molecule is Cn1cc(CNc2ccc(F)c(Cl)c2)cn1. The van der Waals surface area contributed by atoms with Crippen molar-refractivity contribution in [2.75, 3.05) is 5.32 Å². The largest absolute Gasteiger partial charge is 0.381 e. The molecule has 2 rings (SSSR count). The van der Waals surface area contributed by atoms with Gasteiger partial charge in [0.15, 0.2) is 0 Å². The van der Waals surface area contributed by atoms with Crippen LogP contribution < -0.4 is 5.32 Å². The van der Waals surface area contributed by atoms with E-state index in [0.717, 1.165) is 11.3 Å². The molecule has 0 amide bonds. The zero-order valence-electron chi connectivity index (χ0n) is 8.74. The van der Waals surface area contributed by atoms with Crippen molar-refractivity contribution in [3.63, 3.8) is 0 Å². The maximum Gasteiger partial charge on any atom is 0.141 e. The van der Waals surface area contributed by atoms with Crippen LogP contribution in [-0.4, -0.2) is 9.78 Å². The summed E-state index contributed by atoms with van der Waals surface area (Å²) in [6, 6.07) is 4.55. The first-order valence-corrected chi connectivity index (χ1v) is 5.19. The summed E-state index contributed by atoms with van der Waals surface area (Å²) < 4.78 is 14.6. The summed E-state index contributed by atoms with van der Waals surface area (Å²) in [5, 5.41) is 7.31. The predicted octanol–water partition coefficient (Wildman–Crippen LogP) is 2.82. The third-order valence-corrected chi connectivity index (χ3v) is 2.46. The minimum atomic E-state index is -0.409. The average molecular weight is 240 g/mol. The molecule has 1 aromatic heterocycles. The van der Waals surface area contributed by atoms with Gasteiger partial charge in [0.05, 0.1) is 11.2 Å². The Kier molecular flexibility index (Phi) is 3.10. The van der Waals surface area contributed by atoms with Gasteiger partial charge in [-0.05, 0) is 18.2 Å². The smallest absolute Gasteiger partial charge is 0.141 e. The highest BCUT2D eigenvalue weighted by Crippen LogP contribution is 2.19. The number of nitrogens with one attached hydrogen (secondary N) is 1. The summed E-state index contributed by atoms with van der Waals surface area (Å²) >= 11 is 5.67. The zero-order valence-corrected chi connectivity index (χ0v) is 9.50. The van der Waals surface area contributed by atoms with Gasteiger partial charge in [-0.25, -0.2) is 4.39 Å². The van der Waals surface area contributed by atoms with Gasteiger partial charge < -0.3 is 5.32 Å². The third-order valence-electron chi connectivity index (χ3n) is 2.17. The Hall–Kier alpha value is -1.55. The molecule has 1 aromatic carbocycles. The van der Waals surface area contributed by atoms with Gasteiger partial charge in [0.2, 0.25) is 0 Å². The molecule has 0 radical (unpaired) electrons. The molecule has 0 aliphatic carbocycles. The van der Waals surface area contributed by atoms with Crippen molar-refractivity contribution in [1.82, 2.24) is 9.78 Å². The van der Waals surface area contributed by atoms with E-state index in [1.165, 1.54) is 6.07 Å². The molecule has 1 N–H and O–H groups in total. The predicted molar refractivity (Wildman–Crippen MR) is 61.9 cm³/mol. The Morgan fingerprint density at radius 1 is 1.50 bits per heavy atom. The van der Waals surface area contributed by atoms with Crippen molar-refractivity contribution >= 4 is 17.3 Å². The lowest BCUT2D eigenvalue weighted by molar-refractivity contribution is 0.628. The second-order valence-electron chi connectivity index (χ2n) is 3.50. The highest BCUT2D eigenvalue weighted by Gasteiger charge is 2.01. The summed E-state index contributed by atoms with van der Waals surface area (Å²) in [6.45, 7) is 0.635. The van der Waals surface area contributed by atoms with E-state index in [0.29, 0.717) is 6.54 Å². The summed E-state index contributed by atoms with van der Waals surface area (Å²) in [5.74, 6) is -0.409. The fraction of sp³-hybridized carbons (Fsp3) is 0.182. The van der Waals surface area contributed by atoms with Crippen molar-refractivity contribution in [1.29, 1.82) is 0 Å². The molecule has 0 unspecified atom stereocenters. The summed E-state index contributed by atoms with van der Waals surface area (Å²) in [6.07, 6.45) is 3.69. The highest BCUT2D eigenvalue weighted by molar-refractivity contribution is 6.31. The van der Waals surface area contributed by atoms with Gasteiger partial charge >= 0.3 is 0 Å². The molecule has 0 saturated carbocycles. The van der Waals surface area contributed by atoms with Crippen LogP contribution >= 0.6 is 11.6 Å². The lowest BCUT2D eigenvalue weighted by atomic mass is 10.3. The van der Waals surface area contributed by atoms with Crippen molar-refractivity contribution in [2.45, 2.75) is 6.54 Å². The number of anilines is 1. The van der Waals surface area contributed by atoms with E-state index in [1.54, 1.807) is 23.0 Å². The highest BCUT2D eigenvalue weighted by atomic mass is 35.5. The molecule has 5 heteroatoms. The van der Waals surface area contributed by atoms with Crippen LogP contribution in [0, 0.1) is 5.82 Å². The second-order valence-corrected chi connectivity index (χ2v) is 3.91. The molecule has 0 spiro atoms. The number of benzene rings is 1. The van der Waals surface area contributed by atoms with Gasteiger partial charge in [-0.3, -0.25) is 4.68 Å². The molecule has 0 aliphatic rings. The number of hydrogen-bond donors (Lipinski definition) is 1. The van der Waals surface area contributed by atoms with Crippen LogP contribution in [0.4, 0.5) is 10.1 Å². The molecule has 0 fully saturated rings. The Bertz CT molecular complexity index is 496. The fourth-order valence-corrected chi connectivity index (χ4v) is 1.55. The van der Waals surface area contributed by atoms with Crippen LogP contribution in [0.3, 0.4) is 0 Å². The minimum Gasteiger partial charge on any atom is -0.381 e. The number of hydrogen-bond acceptors (Lipinski definition) is 2. The average Bonchev–Trinajstić information content (AvgIpc) is 2.66. The van der Waals surface area contributed by atoms with E-state index in [1.807, 2.05) is 13.2 Å². The van der Waals surface area contributed by atoms with E-state index >= 15 is 0 Å². The zero-order chi connectivity index (χ0) is 11.5. The van der Waals surface area contributed by atoms with Crippen LogP contribution in [0.25, 0.3) is 0 Å². The van der Waals surface area contributed by atoms with Crippen molar-refractivity contribution in [3.05, 3.63) is 47.0 Å². The van der Waals surface area contributed by atoms with Gasteiger partial charge in [-0.15, -0.1) is 0 Å². The number of rotatable bonds is 3. The normalized spacial score (nSPS) is 10.4. The summed E-state index contributed by atoms with van der Waals surface area (Å²) in [4.78, 5) is 0. The fourth-order valence-electron chi connectivity index (χ4n) is 1.37. The van der Waals surface area contributed by atoms with E-state index in [-0.39, 0.29) is 5.02 Å². The van der Waals surface area contributed by atoms with E-state index < -0.39 is 5.82 Å². The molecule has 16 heavy (non-hydrogen) atoms. The number of aryl methyl sites for hydroxylation is 1. The first-order valence-electron chi connectivity index (χ1n) is 4.81. The standard InChI is InChI=1S/C11H11ClFN3/c1-16-7-8(6-15-16)5-14-9-2-3-11(13)10(12)4-9/h2-4,6-7,14H,5H2,1H3. The molecule has 0 atom stereocenters. The molecule has 0 aliphatic heterocycles. The minimum absolute atomic E-state index is 0.121. The maximum atomic E-state index is 12.9. The van der Waals surface area contributed by atoms with Gasteiger partial charge in [-0.2, -0.15) is 5.10 Å². The lowest BCUT2D eigenvalue weighted by Crippen LogP contribution is -1.98. The van der Waals surface area contributed by atoms with E-state index in [4.69, 9.17) is 11.6 Å². The maximum absolute atomic E-state index is 12.9. The van der Waals surface area contributed by atoms with Crippen LogP contribution in [0.1, 0.15) is 5.56 Å². The van der Waals surface area contributed by atoms with Crippen LogP contribution in [0.15, 0.2) is 30.6 Å². The van der Waals surface area contributed by atoms with Crippen molar-refractivity contribution < 1.29 is 4.39 Å². The van der Waals surface area contributed by atoms with E-state index in [2.05, 4.69) is 10.4 Å². The molecule has 0 bridgehead atoms. The summed E-state index contributed by atoms with van der Waals surface area (Å²) in [5.41, 5.74) is 1.85. The van der Waals surface area contributed by atoms with Crippen molar-refractivity contribution in [2.24, 2.45) is 7.05 Å². The van der Waals surface area contributed by atoms with Gasteiger partial charge in [0.25, 0.3) is 0 Å².